The molecule has 0 amide bonds. The molecule has 0 saturated carbocycles. The fourth-order valence-corrected chi connectivity index (χ4v) is 3.09. The molecule has 9 heteroatoms. The molecule has 0 unspecified atom stereocenters. The van der Waals surface area contributed by atoms with Crippen molar-refractivity contribution in [2.75, 3.05) is 0 Å². The van der Waals surface area contributed by atoms with E-state index in [0.29, 0.717) is 24.1 Å². The summed E-state index contributed by atoms with van der Waals surface area (Å²) in [5, 5.41) is 0. The molecule has 3 aromatic rings. The van der Waals surface area contributed by atoms with E-state index in [2.05, 4.69) is 0 Å². The normalized spacial score (nSPS) is 11.8. The topological polar surface area (TPSA) is 0 Å². The molecule has 30 heavy (non-hydrogen) atoms. The molecule has 0 atom stereocenters. The summed E-state index contributed by atoms with van der Waals surface area (Å²) < 4.78 is 123. The van der Waals surface area contributed by atoms with E-state index in [1.54, 1.807) is 6.92 Å². The number of hydrogen-bond acceptors (Lipinski definition) is 0. The number of hydrogen-bond donors (Lipinski definition) is 0. The lowest BCUT2D eigenvalue weighted by molar-refractivity contribution is -0.142. The molecule has 0 bridgehead atoms. The van der Waals surface area contributed by atoms with Gasteiger partial charge in [0.05, 0.1) is 11.1 Å². The fraction of sp³-hybridized carbons (Fsp3) is 0.143. The van der Waals surface area contributed by atoms with Crippen molar-refractivity contribution in [1.29, 1.82) is 0 Å². The van der Waals surface area contributed by atoms with Gasteiger partial charge in [-0.05, 0) is 59.5 Å². The number of aryl methyl sites for hydroxylation is 1. The van der Waals surface area contributed by atoms with Crippen LogP contribution in [0.3, 0.4) is 0 Å². The highest BCUT2D eigenvalue weighted by Gasteiger charge is 2.38. The molecule has 3 aromatic carbocycles. The van der Waals surface area contributed by atoms with Crippen LogP contribution in [0.15, 0.2) is 36.4 Å². The molecule has 3 rings (SSSR count). The molecule has 0 aliphatic carbocycles. The van der Waals surface area contributed by atoms with E-state index in [4.69, 9.17) is 0 Å². The maximum atomic E-state index is 14.5. The predicted octanol–water partition coefficient (Wildman–Crippen LogP) is 7.44. The summed E-state index contributed by atoms with van der Waals surface area (Å²) in [4.78, 5) is 0. The maximum Gasteiger partial charge on any atom is 0.422 e. The monoisotopic (exact) mass is 434 g/mol. The van der Waals surface area contributed by atoms with Gasteiger partial charge in [0, 0.05) is 0 Å². The fourth-order valence-electron chi connectivity index (χ4n) is 3.09. The minimum Gasteiger partial charge on any atom is -0.206 e. The summed E-state index contributed by atoms with van der Waals surface area (Å²) in [7, 11) is 0. The van der Waals surface area contributed by atoms with Gasteiger partial charge in [-0.1, -0.05) is 6.92 Å². The summed E-state index contributed by atoms with van der Waals surface area (Å²) in [6, 6.07) is 3.29. The van der Waals surface area contributed by atoms with Crippen molar-refractivity contribution in [3.05, 3.63) is 82.4 Å². The van der Waals surface area contributed by atoms with Crippen LogP contribution in [-0.4, -0.2) is 0 Å². The Morgan fingerprint density at radius 2 is 0.900 bits per heavy atom. The minimum atomic E-state index is -5.35. The number of rotatable bonds is 3. The van der Waals surface area contributed by atoms with E-state index in [1.807, 2.05) is 0 Å². The van der Waals surface area contributed by atoms with Crippen LogP contribution in [0.2, 0.25) is 0 Å². The molecular formula is C21H11F9. The van der Waals surface area contributed by atoms with E-state index < -0.39 is 68.9 Å². The van der Waals surface area contributed by atoms with Crippen molar-refractivity contribution in [2.45, 2.75) is 19.5 Å². The summed E-state index contributed by atoms with van der Waals surface area (Å²) in [5.74, 6) is -9.22. The van der Waals surface area contributed by atoms with Crippen molar-refractivity contribution in [3.8, 4) is 22.3 Å². The lowest BCUT2D eigenvalue weighted by Gasteiger charge is -2.14. The first-order chi connectivity index (χ1) is 13.9. The SMILES string of the molecule is CCc1cc(F)c(-c2cc(F)c(-c3cc(F)c(C(F)(F)F)c(F)c3)c(F)c2)c(F)c1. The Bertz CT molecular complexity index is 1060. The van der Waals surface area contributed by atoms with Gasteiger partial charge < -0.3 is 0 Å². The van der Waals surface area contributed by atoms with Gasteiger partial charge >= 0.3 is 6.18 Å². The Hall–Kier alpha value is -2.97. The lowest BCUT2D eigenvalue weighted by atomic mass is 9.96. The van der Waals surface area contributed by atoms with E-state index in [9.17, 15) is 39.5 Å². The van der Waals surface area contributed by atoms with Crippen molar-refractivity contribution in [1.82, 2.24) is 0 Å². The van der Waals surface area contributed by atoms with Crippen LogP contribution < -0.4 is 0 Å². The van der Waals surface area contributed by atoms with Crippen molar-refractivity contribution in [2.24, 2.45) is 0 Å². The van der Waals surface area contributed by atoms with Crippen LogP contribution in [0.1, 0.15) is 18.1 Å². The molecule has 0 nitrogen and oxygen atoms in total. The molecule has 0 fully saturated rings. The second kappa shape index (κ2) is 7.70. The summed E-state index contributed by atoms with van der Waals surface area (Å²) in [6.07, 6.45) is -5.05. The van der Waals surface area contributed by atoms with E-state index in [1.165, 1.54) is 0 Å². The zero-order valence-electron chi connectivity index (χ0n) is 15.1. The third-order valence-corrected chi connectivity index (χ3v) is 4.46. The largest absolute Gasteiger partial charge is 0.422 e. The van der Waals surface area contributed by atoms with E-state index >= 15 is 0 Å². The standard InChI is InChI=1S/C21H11F9/c1-2-9-3-12(22)18(13(23)4-9)10-5-14(24)19(15(25)6-10)11-7-16(26)20(17(27)8-11)21(28,29)30/h3-8H,2H2,1H3. The third kappa shape index (κ3) is 3.88. The average molecular weight is 434 g/mol. The Morgan fingerprint density at radius 1 is 0.567 bits per heavy atom. The third-order valence-electron chi connectivity index (χ3n) is 4.46. The van der Waals surface area contributed by atoms with Gasteiger partial charge in [-0.3, -0.25) is 0 Å². The quantitative estimate of drug-likeness (QED) is 0.376. The highest BCUT2D eigenvalue weighted by molar-refractivity contribution is 5.73. The van der Waals surface area contributed by atoms with Crippen LogP contribution in [0, 0.1) is 34.9 Å². The first-order valence-electron chi connectivity index (χ1n) is 8.48. The average Bonchev–Trinajstić information content (AvgIpc) is 2.58. The Labute approximate surface area is 164 Å². The van der Waals surface area contributed by atoms with Crippen molar-refractivity contribution >= 4 is 0 Å². The second-order valence-electron chi connectivity index (χ2n) is 6.42. The van der Waals surface area contributed by atoms with E-state index in [-0.39, 0.29) is 12.1 Å². The predicted molar refractivity (Wildman–Crippen MR) is 91.4 cm³/mol. The van der Waals surface area contributed by atoms with Crippen molar-refractivity contribution in [3.63, 3.8) is 0 Å². The molecule has 0 saturated heterocycles. The zero-order valence-corrected chi connectivity index (χ0v) is 15.1. The smallest absolute Gasteiger partial charge is 0.206 e. The van der Waals surface area contributed by atoms with Gasteiger partial charge in [-0.25, -0.2) is 26.3 Å². The molecular weight excluding hydrogens is 423 g/mol. The van der Waals surface area contributed by atoms with Gasteiger partial charge in [-0.15, -0.1) is 0 Å². The van der Waals surface area contributed by atoms with Crippen molar-refractivity contribution < 1.29 is 39.5 Å². The van der Waals surface area contributed by atoms with Gasteiger partial charge in [-0.2, -0.15) is 13.2 Å². The molecule has 0 spiro atoms. The van der Waals surface area contributed by atoms with Crippen LogP contribution in [-0.2, 0) is 12.6 Å². The Morgan fingerprint density at radius 3 is 1.23 bits per heavy atom. The first-order valence-corrected chi connectivity index (χ1v) is 8.48. The number of alkyl halides is 3. The molecule has 0 aliphatic heterocycles. The summed E-state index contributed by atoms with van der Waals surface area (Å²) in [5.41, 5.74) is -5.04. The first kappa shape index (κ1) is 21.7. The van der Waals surface area contributed by atoms with Crippen LogP contribution in [0.4, 0.5) is 39.5 Å². The molecule has 0 N–H and O–H groups in total. The number of benzene rings is 3. The number of halogens is 9. The van der Waals surface area contributed by atoms with Crippen LogP contribution in [0.25, 0.3) is 22.3 Å². The van der Waals surface area contributed by atoms with E-state index in [0.717, 1.165) is 12.1 Å². The highest BCUT2D eigenvalue weighted by atomic mass is 19.4. The lowest BCUT2D eigenvalue weighted by Crippen LogP contribution is -2.11. The van der Waals surface area contributed by atoms with Gasteiger partial charge in [0.15, 0.2) is 0 Å². The second-order valence-corrected chi connectivity index (χ2v) is 6.42. The molecule has 0 aromatic heterocycles. The van der Waals surface area contributed by atoms with Crippen LogP contribution >= 0.6 is 0 Å². The van der Waals surface area contributed by atoms with Gasteiger partial charge in [0.25, 0.3) is 0 Å². The van der Waals surface area contributed by atoms with Crippen LogP contribution in [0.5, 0.6) is 0 Å². The highest BCUT2D eigenvalue weighted by Crippen LogP contribution is 2.38. The molecule has 0 heterocycles. The van der Waals surface area contributed by atoms with Gasteiger partial charge in [0.1, 0.15) is 40.5 Å². The Kier molecular flexibility index (Phi) is 5.58. The maximum absolute atomic E-state index is 14.5. The summed E-state index contributed by atoms with van der Waals surface area (Å²) in [6.45, 7) is 1.64. The zero-order chi connectivity index (χ0) is 22.4. The molecule has 0 radical (unpaired) electrons. The minimum absolute atomic E-state index is 0.129. The molecule has 0 aliphatic rings. The molecule has 158 valence electrons. The Balaban J connectivity index is 2.16. The summed E-state index contributed by atoms with van der Waals surface area (Å²) >= 11 is 0. The van der Waals surface area contributed by atoms with Gasteiger partial charge in [0.2, 0.25) is 0 Å².